The average molecular weight is 350 g/mol. The topological polar surface area (TPSA) is 29.9 Å². The largest absolute Gasteiger partial charge is 0.329 e. The molecule has 0 radical (unpaired) electrons. The number of aromatic nitrogens is 2. The molecule has 0 fully saturated rings. The van der Waals surface area contributed by atoms with Crippen molar-refractivity contribution in [3.63, 3.8) is 0 Å². The minimum absolute atomic E-state index is 0.290. The fourth-order valence-electron chi connectivity index (χ4n) is 2.41. The van der Waals surface area contributed by atoms with E-state index in [2.05, 4.69) is 66.7 Å². The number of hydrogen-bond acceptors (Lipinski definition) is 3. The molecule has 20 heavy (non-hydrogen) atoms. The zero-order chi connectivity index (χ0) is 13.9. The lowest BCUT2D eigenvalue weighted by Gasteiger charge is -2.18. The number of nitrogens with zero attached hydrogens (tertiary/aromatic N) is 2. The normalized spacial score (nSPS) is 12.9. The Balaban J connectivity index is 1.92. The van der Waals surface area contributed by atoms with Crippen molar-refractivity contribution in [2.24, 2.45) is 0 Å². The second kappa shape index (κ2) is 6.08. The van der Waals surface area contributed by atoms with Gasteiger partial charge in [-0.25, -0.2) is 4.98 Å². The minimum atomic E-state index is 0.290. The second-order valence-electron chi connectivity index (χ2n) is 4.67. The van der Waals surface area contributed by atoms with E-state index in [9.17, 15) is 0 Å². The smallest absolute Gasteiger partial charge is 0.0958 e. The van der Waals surface area contributed by atoms with Gasteiger partial charge in [0.1, 0.15) is 0 Å². The Kier molecular flexibility index (Phi) is 4.19. The van der Waals surface area contributed by atoms with Gasteiger partial charge in [-0.3, -0.25) is 0 Å². The molecule has 1 atom stereocenters. The van der Waals surface area contributed by atoms with Crippen LogP contribution in [0.3, 0.4) is 0 Å². The van der Waals surface area contributed by atoms with E-state index in [0.717, 1.165) is 18.6 Å². The number of fused-ring (bicyclic) bond motifs is 1. The molecule has 5 heteroatoms. The second-order valence-corrected chi connectivity index (χ2v) is 6.27. The van der Waals surface area contributed by atoms with Crippen molar-refractivity contribution in [3.05, 3.63) is 51.4 Å². The molecule has 2 aromatic heterocycles. The summed E-state index contributed by atoms with van der Waals surface area (Å²) in [6, 6.07) is 8.54. The van der Waals surface area contributed by atoms with Gasteiger partial charge in [-0.2, -0.15) is 11.3 Å². The standard InChI is InChI=1S/C15H16BrN3S/c1-2-17-14(11-8-20-9-12(11)16)7-19-10-18-13-5-3-4-6-15(13)19/h3-6,8-10,14,17H,2,7H2,1H3. The van der Waals surface area contributed by atoms with Gasteiger partial charge in [0, 0.05) is 16.4 Å². The molecule has 0 aliphatic heterocycles. The van der Waals surface area contributed by atoms with Crippen LogP contribution in [0.4, 0.5) is 0 Å². The number of rotatable bonds is 5. The Bertz CT molecular complexity index is 704. The highest BCUT2D eigenvalue weighted by atomic mass is 79.9. The SMILES string of the molecule is CCNC(Cn1cnc2ccccc21)c1cscc1Br. The number of hydrogen-bond donors (Lipinski definition) is 1. The van der Waals surface area contributed by atoms with Gasteiger partial charge in [0.25, 0.3) is 0 Å². The predicted molar refractivity (Wildman–Crippen MR) is 88.2 cm³/mol. The molecule has 1 N–H and O–H groups in total. The number of likely N-dealkylation sites (N-methyl/N-ethyl adjacent to an activating group) is 1. The monoisotopic (exact) mass is 349 g/mol. The molecular formula is C15H16BrN3S. The first-order valence-corrected chi connectivity index (χ1v) is 8.38. The third-order valence-electron chi connectivity index (χ3n) is 3.37. The van der Waals surface area contributed by atoms with Crippen LogP contribution >= 0.6 is 27.3 Å². The summed E-state index contributed by atoms with van der Waals surface area (Å²) in [5.41, 5.74) is 3.54. The maximum absolute atomic E-state index is 4.46. The zero-order valence-corrected chi connectivity index (χ0v) is 13.6. The van der Waals surface area contributed by atoms with Crippen LogP contribution < -0.4 is 5.32 Å². The lowest BCUT2D eigenvalue weighted by molar-refractivity contribution is 0.481. The lowest BCUT2D eigenvalue weighted by Crippen LogP contribution is -2.25. The van der Waals surface area contributed by atoms with Crippen molar-refractivity contribution in [2.75, 3.05) is 6.54 Å². The van der Waals surface area contributed by atoms with Gasteiger partial charge in [0.15, 0.2) is 0 Å². The first kappa shape index (κ1) is 13.8. The molecule has 3 nitrogen and oxygen atoms in total. The molecule has 0 aliphatic carbocycles. The average Bonchev–Trinajstić information content (AvgIpc) is 3.05. The molecule has 1 unspecified atom stereocenters. The zero-order valence-electron chi connectivity index (χ0n) is 11.2. The molecule has 0 amide bonds. The summed E-state index contributed by atoms with van der Waals surface area (Å²) in [4.78, 5) is 4.46. The van der Waals surface area contributed by atoms with Crippen molar-refractivity contribution in [1.82, 2.24) is 14.9 Å². The molecule has 0 saturated carbocycles. The summed E-state index contributed by atoms with van der Waals surface area (Å²) in [5.74, 6) is 0. The van der Waals surface area contributed by atoms with Crippen LogP contribution in [0.1, 0.15) is 18.5 Å². The number of benzene rings is 1. The lowest BCUT2D eigenvalue weighted by atomic mass is 10.1. The fraction of sp³-hybridized carbons (Fsp3) is 0.267. The Hall–Kier alpha value is -1.17. The van der Waals surface area contributed by atoms with Gasteiger partial charge in [-0.1, -0.05) is 19.1 Å². The third-order valence-corrected chi connectivity index (χ3v) is 5.13. The van der Waals surface area contributed by atoms with Crippen molar-refractivity contribution < 1.29 is 0 Å². The molecule has 0 saturated heterocycles. The summed E-state index contributed by atoms with van der Waals surface area (Å²) in [6.07, 6.45) is 1.93. The summed E-state index contributed by atoms with van der Waals surface area (Å²) in [6.45, 7) is 3.96. The molecule has 104 valence electrons. The van der Waals surface area contributed by atoms with E-state index in [0.29, 0.717) is 6.04 Å². The van der Waals surface area contributed by atoms with E-state index in [1.807, 2.05) is 12.4 Å². The summed E-state index contributed by atoms with van der Waals surface area (Å²) in [5, 5.41) is 7.89. The van der Waals surface area contributed by atoms with Gasteiger partial charge in [0.2, 0.25) is 0 Å². The molecule has 1 aromatic carbocycles. The molecule has 0 aliphatic rings. The van der Waals surface area contributed by atoms with E-state index in [1.165, 1.54) is 15.6 Å². The third kappa shape index (κ3) is 2.66. The summed E-state index contributed by atoms with van der Waals surface area (Å²) in [7, 11) is 0. The number of nitrogens with one attached hydrogen (secondary N) is 1. The number of halogens is 1. The number of thiophene rings is 1. The fourth-order valence-corrected chi connectivity index (χ4v) is 4.04. The van der Waals surface area contributed by atoms with Crippen LogP contribution in [0.25, 0.3) is 11.0 Å². The summed E-state index contributed by atoms with van der Waals surface area (Å²) >= 11 is 5.36. The quantitative estimate of drug-likeness (QED) is 0.747. The molecule has 0 spiro atoms. The van der Waals surface area contributed by atoms with Crippen LogP contribution in [0.5, 0.6) is 0 Å². The Morgan fingerprint density at radius 2 is 2.20 bits per heavy atom. The maximum Gasteiger partial charge on any atom is 0.0958 e. The van der Waals surface area contributed by atoms with Crippen molar-refractivity contribution in [3.8, 4) is 0 Å². The van der Waals surface area contributed by atoms with Gasteiger partial charge in [-0.15, -0.1) is 0 Å². The van der Waals surface area contributed by atoms with E-state index >= 15 is 0 Å². The Morgan fingerprint density at radius 1 is 1.35 bits per heavy atom. The number of para-hydroxylation sites is 2. The molecule has 3 aromatic rings. The molecule has 2 heterocycles. The summed E-state index contributed by atoms with van der Waals surface area (Å²) < 4.78 is 3.39. The predicted octanol–water partition coefficient (Wildman–Crippen LogP) is 4.21. The highest BCUT2D eigenvalue weighted by Gasteiger charge is 2.16. The first-order chi connectivity index (χ1) is 9.79. The van der Waals surface area contributed by atoms with E-state index < -0.39 is 0 Å². The van der Waals surface area contributed by atoms with Gasteiger partial charge in [0.05, 0.1) is 23.4 Å². The van der Waals surface area contributed by atoms with Crippen LogP contribution in [0, 0.1) is 0 Å². The Labute approximate surface area is 130 Å². The van der Waals surface area contributed by atoms with Crippen LogP contribution in [-0.2, 0) is 6.54 Å². The van der Waals surface area contributed by atoms with Crippen LogP contribution in [0.2, 0.25) is 0 Å². The maximum atomic E-state index is 4.46. The van der Waals surface area contributed by atoms with Crippen LogP contribution in [0.15, 0.2) is 45.8 Å². The van der Waals surface area contributed by atoms with E-state index in [1.54, 1.807) is 11.3 Å². The van der Waals surface area contributed by atoms with Gasteiger partial charge >= 0.3 is 0 Å². The van der Waals surface area contributed by atoms with Gasteiger partial charge < -0.3 is 9.88 Å². The van der Waals surface area contributed by atoms with Gasteiger partial charge in [-0.05, 0) is 45.6 Å². The molecule has 3 rings (SSSR count). The Morgan fingerprint density at radius 3 is 2.95 bits per heavy atom. The minimum Gasteiger partial charge on any atom is -0.329 e. The van der Waals surface area contributed by atoms with E-state index in [4.69, 9.17) is 0 Å². The van der Waals surface area contributed by atoms with Crippen molar-refractivity contribution >= 4 is 38.3 Å². The molecular weight excluding hydrogens is 334 g/mol. The van der Waals surface area contributed by atoms with E-state index in [-0.39, 0.29) is 0 Å². The molecule has 0 bridgehead atoms. The number of imidazole rings is 1. The first-order valence-electron chi connectivity index (χ1n) is 6.64. The van der Waals surface area contributed by atoms with Crippen LogP contribution in [-0.4, -0.2) is 16.1 Å². The van der Waals surface area contributed by atoms with Crippen molar-refractivity contribution in [2.45, 2.75) is 19.5 Å². The highest BCUT2D eigenvalue weighted by Crippen LogP contribution is 2.29. The van der Waals surface area contributed by atoms with Crippen molar-refractivity contribution in [1.29, 1.82) is 0 Å². The highest BCUT2D eigenvalue weighted by molar-refractivity contribution is 9.10.